The maximum atomic E-state index is 12.8. The zero-order chi connectivity index (χ0) is 18.4. The Balaban J connectivity index is 1.77. The first-order valence-electron chi connectivity index (χ1n) is 8.69. The van der Waals surface area contributed by atoms with Crippen LogP contribution in [0.15, 0.2) is 12.3 Å². The van der Waals surface area contributed by atoms with E-state index in [0.717, 1.165) is 5.69 Å². The number of hydrogen-bond donors (Lipinski definition) is 1. The monoisotopic (exact) mass is 346 g/mol. The van der Waals surface area contributed by atoms with Crippen molar-refractivity contribution in [1.29, 1.82) is 0 Å². The molecule has 1 saturated heterocycles. The second-order valence-corrected chi connectivity index (χ2v) is 7.42. The molecule has 1 atom stereocenters. The third-order valence-corrected chi connectivity index (χ3v) is 4.78. The van der Waals surface area contributed by atoms with Crippen LogP contribution in [0.2, 0.25) is 0 Å². The van der Waals surface area contributed by atoms with Crippen LogP contribution in [0.3, 0.4) is 0 Å². The molecule has 25 heavy (non-hydrogen) atoms. The minimum absolute atomic E-state index is 0.158. The van der Waals surface area contributed by atoms with Gasteiger partial charge in [0, 0.05) is 31.7 Å². The molecule has 0 bridgehead atoms. The zero-order valence-electron chi connectivity index (χ0n) is 15.5. The fraction of sp³-hybridized carbons (Fsp3) is 0.647. The first-order chi connectivity index (χ1) is 11.7. The highest BCUT2D eigenvalue weighted by atomic mass is 16.3. The summed E-state index contributed by atoms with van der Waals surface area (Å²) in [5.41, 5.74) is 0.790. The summed E-state index contributed by atoms with van der Waals surface area (Å²) in [4.78, 5) is 14.4. The molecule has 8 heteroatoms. The highest BCUT2D eigenvalue weighted by molar-refractivity contribution is 5.92. The van der Waals surface area contributed by atoms with Gasteiger partial charge in [-0.05, 0) is 25.8 Å². The molecule has 3 heterocycles. The molecular weight excluding hydrogens is 320 g/mol. The normalized spacial score (nSPS) is 20.9. The standard InChI is InChI=1S/C17H26N6O2/c1-11(2)14-8-13(19-21(14)5)16(24)22-7-6-17(25,10-22)15-9-23(12(3)4)20-18-15/h8-9,11-12,25H,6-7,10H2,1-5H3/t17-/m0/s1. The summed E-state index contributed by atoms with van der Waals surface area (Å²) in [6.07, 6.45) is 2.20. The Hall–Kier alpha value is -2.22. The van der Waals surface area contributed by atoms with Crippen molar-refractivity contribution in [1.82, 2.24) is 29.7 Å². The largest absolute Gasteiger partial charge is 0.381 e. The lowest BCUT2D eigenvalue weighted by molar-refractivity contribution is 0.0380. The van der Waals surface area contributed by atoms with Crippen LogP contribution in [-0.2, 0) is 12.6 Å². The lowest BCUT2D eigenvalue weighted by Gasteiger charge is -2.20. The van der Waals surface area contributed by atoms with Crippen LogP contribution in [0.25, 0.3) is 0 Å². The molecule has 1 aliphatic rings. The van der Waals surface area contributed by atoms with Crippen LogP contribution < -0.4 is 0 Å². The molecule has 1 aliphatic heterocycles. The van der Waals surface area contributed by atoms with Gasteiger partial charge in [0.25, 0.3) is 5.91 Å². The summed E-state index contributed by atoms with van der Waals surface area (Å²) >= 11 is 0. The lowest BCUT2D eigenvalue weighted by atomic mass is 10.00. The predicted octanol–water partition coefficient (Wildman–Crippen LogP) is 1.45. The molecule has 2 aromatic heterocycles. The number of carbonyl (C=O) groups is 1. The second kappa shape index (κ2) is 6.25. The minimum Gasteiger partial charge on any atom is -0.381 e. The quantitative estimate of drug-likeness (QED) is 0.905. The van der Waals surface area contributed by atoms with Crippen molar-refractivity contribution in [3.63, 3.8) is 0 Å². The lowest BCUT2D eigenvalue weighted by Crippen LogP contribution is -2.35. The van der Waals surface area contributed by atoms with Crippen LogP contribution >= 0.6 is 0 Å². The van der Waals surface area contributed by atoms with Crippen LogP contribution in [-0.4, -0.2) is 53.8 Å². The van der Waals surface area contributed by atoms with Crippen molar-refractivity contribution in [2.45, 2.75) is 51.7 Å². The number of carbonyl (C=O) groups excluding carboxylic acids is 1. The second-order valence-electron chi connectivity index (χ2n) is 7.42. The van der Waals surface area contributed by atoms with E-state index in [0.29, 0.717) is 30.3 Å². The molecule has 0 aliphatic carbocycles. The Kier molecular flexibility index (Phi) is 4.40. The van der Waals surface area contributed by atoms with Crippen molar-refractivity contribution >= 4 is 5.91 Å². The fourth-order valence-corrected chi connectivity index (χ4v) is 3.21. The van der Waals surface area contributed by atoms with E-state index in [-0.39, 0.29) is 18.5 Å². The van der Waals surface area contributed by atoms with Gasteiger partial charge in [0.2, 0.25) is 0 Å². The summed E-state index contributed by atoms with van der Waals surface area (Å²) < 4.78 is 3.46. The van der Waals surface area contributed by atoms with E-state index in [1.165, 1.54) is 0 Å². The number of rotatable bonds is 4. The van der Waals surface area contributed by atoms with Crippen molar-refractivity contribution in [2.24, 2.45) is 7.05 Å². The first kappa shape index (κ1) is 17.6. The van der Waals surface area contributed by atoms with Gasteiger partial charge in [0.15, 0.2) is 5.69 Å². The van der Waals surface area contributed by atoms with Gasteiger partial charge in [-0.3, -0.25) is 9.48 Å². The number of aliphatic hydroxyl groups is 1. The first-order valence-corrected chi connectivity index (χ1v) is 8.69. The Morgan fingerprint density at radius 1 is 1.32 bits per heavy atom. The van der Waals surface area contributed by atoms with Gasteiger partial charge >= 0.3 is 0 Å². The van der Waals surface area contributed by atoms with Crippen molar-refractivity contribution in [2.75, 3.05) is 13.1 Å². The summed E-state index contributed by atoms with van der Waals surface area (Å²) in [6.45, 7) is 8.81. The molecule has 2 aromatic rings. The topological polar surface area (TPSA) is 89.1 Å². The molecule has 8 nitrogen and oxygen atoms in total. The molecule has 3 rings (SSSR count). The van der Waals surface area contributed by atoms with Crippen LogP contribution in [0.5, 0.6) is 0 Å². The summed E-state index contributed by atoms with van der Waals surface area (Å²) in [6, 6.07) is 2.01. The molecule has 0 radical (unpaired) electrons. The summed E-state index contributed by atoms with van der Waals surface area (Å²) in [5.74, 6) is 0.135. The molecule has 136 valence electrons. The SMILES string of the molecule is CC(C)c1cc(C(=O)N2CC[C@@](O)(c3cn(C(C)C)nn3)C2)nn1C. The number of β-amino-alcohol motifs (C(OH)–C–C–N with tert-alkyl or cyclic N) is 1. The van der Waals surface area contributed by atoms with Gasteiger partial charge in [-0.1, -0.05) is 19.1 Å². The molecule has 0 unspecified atom stereocenters. The van der Waals surface area contributed by atoms with Gasteiger partial charge in [-0.25, -0.2) is 4.68 Å². The Morgan fingerprint density at radius 3 is 2.60 bits per heavy atom. The average molecular weight is 346 g/mol. The third kappa shape index (κ3) is 3.18. The number of likely N-dealkylation sites (tertiary alicyclic amines) is 1. The molecule has 0 aromatic carbocycles. The average Bonchev–Trinajstić information content (AvgIpc) is 3.24. The maximum Gasteiger partial charge on any atom is 0.274 e. The fourth-order valence-electron chi connectivity index (χ4n) is 3.21. The van der Waals surface area contributed by atoms with Crippen LogP contribution in [0, 0.1) is 0 Å². The Labute approximate surface area is 147 Å². The van der Waals surface area contributed by atoms with Gasteiger partial charge in [0.1, 0.15) is 11.3 Å². The number of nitrogens with zero attached hydrogens (tertiary/aromatic N) is 6. The molecular formula is C17H26N6O2. The van der Waals surface area contributed by atoms with Crippen LogP contribution in [0.1, 0.15) is 68.0 Å². The summed E-state index contributed by atoms with van der Waals surface area (Å²) in [7, 11) is 1.84. The van der Waals surface area contributed by atoms with E-state index in [9.17, 15) is 9.90 Å². The van der Waals surface area contributed by atoms with E-state index >= 15 is 0 Å². The third-order valence-electron chi connectivity index (χ3n) is 4.78. The van der Waals surface area contributed by atoms with Gasteiger partial charge in [-0.15, -0.1) is 5.10 Å². The molecule has 1 amide bonds. The van der Waals surface area contributed by atoms with Gasteiger partial charge < -0.3 is 10.0 Å². The Morgan fingerprint density at radius 2 is 2.04 bits per heavy atom. The van der Waals surface area contributed by atoms with Crippen molar-refractivity contribution in [3.05, 3.63) is 29.3 Å². The van der Waals surface area contributed by atoms with E-state index in [4.69, 9.17) is 0 Å². The number of aromatic nitrogens is 5. The number of amides is 1. The van der Waals surface area contributed by atoms with Gasteiger partial charge in [0.05, 0.1) is 12.7 Å². The smallest absolute Gasteiger partial charge is 0.274 e. The number of aryl methyl sites for hydroxylation is 1. The minimum atomic E-state index is -1.15. The maximum absolute atomic E-state index is 12.8. The zero-order valence-corrected chi connectivity index (χ0v) is 15.5. The van der Waals surface area contributed by atoms with E-state index in [1.807, 2.05) is 27.0 Å². The highest BCUT2D eigenvalue weighted by Crippen LogP contribution is 2.31. The van der Waals surface area contributed by atoms with E-state index in [2.05, 4.69) is 29.3 Å². The van der Waals surface area contributed by atoms with Gasteiger partial charge in [-0.2, -0.15) is 5.10 Å². The van der Waals surface area contributed by atoms with E-state index in [1.54, 1.807) is 20.5 Å². The van der Waals surface area contributed by atoms with Crippen molar-refractivity contribution < 1.29 is 9.90 Å². The predicted molar refractivity (Wildman–Crippen MR) is 92.1 cm³/mol. The molecule has 1 N–H and O–H groups in total. The highest BCUT2D eigenvalue weighted by Gasteiger charge is 2.42. The molecule has 0 spiro atoms. The molecule has 0 saturated carbocycles. The number of hydrogen-bond acceptors (Lipinski definition) is 5. The Bertz CT molecular complexity index is 778. The molecule has 1 fully saturated rings. The van der Waals surface area contributed by atoms with Crippen molar-refractivity contribution in [3.8, 4) is 0 Å². The van der Waals surface area contributed by atoms with Crippen LogP contribution in [0.4, 0.5) is 0 Å². The summed E-state index contributed by atoms with van der Waals surface area (Å²) in [5, 5.41) is 23.4. The van der Waals surface area contributed by atoms with E-state index < -0.39 is 5.60 Å².